The molecular weight excluding hydrogens is 344 g/mol. The quantitative estimate of drug-likeness (QED) is 0.559. The van der Waals surface area contributed by atoms with Gasteiger partial charge < -0.3 is 10.1 Å². The van der Waals surface area contributed by atoms with Crippen molar-refractivity contribution >= 4 is 16.1 Å². The molecule has 1 aromatic carbocycles. The average molecular weight is 366 g/mol. The largest absolute Gasteiger partial charge is 0.456 e. The molecule has 2 rings (SSSR count). The monoisotopic (exact) mass is 366 g/mol. The highest BCUT2D eigenvalue weighted by Gasteiger charge is 2.23. The van der Waals surface area contributed by atoms with Crippen LogP contribution in [-0.2, 0) is 14.9 Å². The van der Waals surface area contributed by atoms with Gasteiger partial charge in [0, 0.05) is 12.6 Å². The van der Waals surface area contributed by atoms with E-state index >= 15 is 0 Å². The van der Waals surface area contributed by atoms with Gasteiger partial charge >= 0.3 is 5.97 Å². The van der Waals surface area contributed by atoms with Crippen LogP contribution in [0, 0.1) is 11.3 Å². The minimum atomic E-state index is -4.29. The van der Waals surface area contributed by atoms with Crippen LogP contribution in [-0.4, -0.2) is 43.4 Å². The molecule has 1 unspecified atom stereocenters. The van der Waals surface area contributed by atoms with Gasteiger partial charge in [-0.25, -0.2) is 4.79 Å². The topological polar surface area (TPSA) is 116 Å². The Kier molecular flexibility index (Phi) is 6.93. The van der Waals surface area contributed by atoms with Gasteiger partial charge in [0.15, 0.2) is 0 Å². The molecule has 0 bridgehead atoms. The fourth-order valence-corrected chi connectivity index (χ4v) is 3.57. The molecule has 1 fully saturated rings. The van der Waals surface area contributed by atoms with Gasteiger partial charge in [0.05, 0.1) is 17.2 Å². The molecule has 1 aromatic rings. The van der Waals surface area contributed by atoms with Crippen LogP contribution in [0.2, 0.25) is 0 Å². The number of hydrogen-bond donors (Lipinski definition) is 2. The summed E-state index contributed by atoms with van der Waals surface area (Å²) in [4.78, 5) is 12.2. The number of esters is 1. The van der Waals surface area contributed by atoms with Gasteiger partial charge in [-0.05, 0) is 31.0 Å². The summed E-state index contributed by atoms with van der Waals surface area (Å²) in [7, 11) is -4.29. The summed E-state index contributed by atoms with van der Waals surface area (Å²) < 4.78 is 36.8. The summed E-state index contributed by atoms with van der Waals surface area (Å²) >= 11 is 0. The second kappa shape index (κ2) is 8.94. The van der Waals surface area contributed by atoms with E-state index in [1.54, 1.807) is 12.1 Å². The first-order valence-electron chi connectivity index (χ1n) is 8.27. The van der Waals surface area contributed by atoms with Crippen LogP contribution in [0.1, 0.15) is 48.0 Å². The van der Waals surface area contributed by atoms with E-state index in [2.05, 4.69) is 5.32 Å². The number of carbonyl (C=O) groups is 1. The number of nitrogens with one attached hydrogen (secondary N) is 1. The van der Waals surface area contributed by atoms with Gasteiger partial charge in [0.2, 0.25) is 0 Å². The lowest BCUT2D eigenvalue weighted by Crippen LogP contribution is -2.41. The lowest BCUT2D eigenvalue weighted by Gasteiger charge is -2.25. The average Bonchev–Trinajstić information content (AvgIpc) is 2.59. The van der Waals surface area contributed by atoms with E-state index in [4.69, 9.17) is 14.6 Å². The summed E-state index contributed by atoms with van der Waals surface area (Å²) in [5.41, 5.74) is 0.471. The zero-order valence-electron chi connectivity index (χ0n) is 13.8. The third-order valence-electron chi connectivity index (χ3n) is 4.14. The van der Waals surface area contributed by atoms with E-state index in [0.717, 1.165) is 25.7 Å². The van der Waals surface area contributed by atoms with Crippen molar-refractivity contribution in [2.45, 2.75) is 44.2 Å². The molecule has 136 valence electrons. The van der Waals surface area contributed by atoms with E-state index in [-0.39, 0.29) is 18.2 Å². The molecule has 8 heteroatoms. The SMILES string of the molecule is N#Cc1cccc(C(=O)OC(CNC2CCCCC2)CS(=O)(=O)O)c1. The first kappa shape index (κ1) is 19.4. The second-order valence-electron chi connectivity index (χ2n) is 6.21. The second-order valence-corrected chi connectivity index (χ2v) is 7.71. The van der Waals surface area contributed by atoms with Gasteiger partial charge in [-0.15, -0.1) is 0 Å². The number of nitrogens with zero attached hydrogens (tertiary/aromatic N) is 1. The molecule has 1 atom stereocenters. The molecule has 7 nitrogen and oxygen atoms in total. The van der Waals surface area contributed by atoms with Crippen LogP contribution in [0.4, 0.5) is 0 Å². The number of nitriles is 1. The molecule has 0 radical (unpaired) electrons. The van der Waals surface area contributed by atoms with Gasteiger partial charge in [-0.2, -0.15) is 13.7 Å². The molecule has 0 spiro atoms. The Labute approximate surface area is 147 Å². The highest BCUT2D eigenvalue weighted by molar-refractivity contribution is 7.85. The third-order valence-corrected chi connectivity index (χ3v) is 4.93. The van der Waals surface area contributed by atoms with E-state index in [1.807, 2.05) is 6.07 Å². The Morgan fingerprint density at radius 1 is 1.36 bits per heavy atom. The number of ether oxygens (including phenoxy) is 1. The maximum atomic E-state index is 12.2. The van der Waals surface area contributed by atoms with E-state index in [1.165, 1.54) is 18.6 Å². The normalized spacial score (nSPS) is 16.8. The van der Waals surface area contributed by atoms with Crippen molar-refractivity contribution in [3.05, 3.63) is 35.4 Å². The van der Waals surface area contributed by atoms with Crippen molar-refractivity contribution in [3.63, 3.8) is 0 Å². The maximum Gasteiger partial charge on any atom is 0.338 e. The standard InChI is InChI=1S/C17H22N2O5S/c18-10-13-5-4-6-14(9-13)17(20)24-16(12-25(21,22)23)11-19-15-7-2-1-3-8-15/h4-6,9,15-16,19H,1-3,7-8,11-12H2,(H,21,22,23). The van der Waals surface area contributed by atoms with Crippen LogP contribution < -0.4 is 5.32 Å². The predicted molar refractivity (Wildman–Crippen MR) is 91.7 cm³/mol. The minimum Gasteiger partial charge on any atom is -0.456 e. The molecule has 0 amide bonds. The molecule has 0 aliphatic heterocycles. The van der Waals surface area contributed by atoms with Crippen molar-refractivity contribution in [2.75, 3.05) is 12.3 Å². The number of benzene rings is 1. The van der Waals surface area contributed by atoms with Crippen LogP contribution in [0.5, 0.6) is 0 Å². The van der Waals surface area contributed by atoms with Gasteiger partial charge in [0.25, 0.3) is 10.1 Å². The molecule has 25 heavy (non-hydrogen) atoms. The maximum absolute atomic E-state index is 12.2. The molecule has 0 saturated heterocycles. The van der Waals surface area contributed by atoms with E-state index < -0.39 is 27.9 Å². The van der Waals surface area contributed by atoms with E-state index in [9.17, 15) is 13.2 Å². The Hall–Kier alpha value is -1.95. The summed E-state index contributed by atoms with van der Waals surface area (Å²) in [6, 6.07) is 8.15. The predicted octanol–water partition coefficient (Wildman–Crippen LogP) is 1.89. The fraction of sp³-hybridized carbons (Fsp3) is 0.529. The smallest absolute Gasteiger partial charge is 0.338 e. The minimum absolute atomic E-state index is 0.147. The molecule has 0 heterocycles. The van der Waals surface area contributed by atoms with Gasteiger partial charge in [-0.3, -0.25) is 4.55 Å². The van der Waals surface area contributed by atoms with Crippen LogP contribution in [0.25, 0.3) is 0 Å². The number of hydrogen-bond acceptors (Lipinski definition) is 6. The highest BCUT2D eigenvalue weighted by Crippen LogP contribution is 2.17. The van der Waals surface area contributed by atoms with Crippen LogP contribution in [0.3, 0.4) is 0 Å². The van der Waals surface area contributed by atoms with E-state index in [0.29, 0.717) is 5.56 Å². The first-order valence-corrected chi connectivity index (χ1v) is 9.88. The van der Waals surface area contributed by atoms with Crippen molar-refractivity contribution in [2.24, 2.45) is 0 Å². The van der Waals surface area contributed by atoms with Crippen LogP contribution >= 0.6 is 0 Å². The number of carbonyl (C=O) groups excluding carboxylic acids is 1. The van der Waals surface area contributed by atoms with Crippen molar-refractivity contribution < 1.29 is 22.5 Å². The Morgan fingerprint density at radius 2 is 2.08 bits per heavy atom. The van der Waals surface area contributed by atoms with Gasteiger partial charge in [0.1, 0.15) is 11.9 Å². The van der Waals surface area contributed by atoms with Crippen molar-refractivity contribution in [3.8, 4) is 6.07 Å². The zero-order valence-corrected chi connectivity index (χ0v) is 14.7. The van der Waals surface area contributed by atoms with Crippen LogP contribution in [0.15, 0.2) is 24.3 Å². The lowest BCUT2D eigenvalue weighted by molar-refractivity contribution is 0.0338. The van der Waals surface area contributed by atoms with Crippen molar-refractivity contribution in [1.82, 2.24) is 5.32 Å². The summed E-state index contributed by atoms with van der Waals surface area (Å²) in [6.07, 6.45) is 4.41. The lowest BCUT2D eigenvalue weighted by atomic mass is 9.95. The number of rotatable bonds is 7. The Bertz CT molecular complexity index is 736. The molecule has 2 N–H and O–H groups in total. The third kappa shape index (κ3) is 6.82. The molecular formula is C17H22N2O5S. The highest BCUT2D eigenvalue weighted by atomic mass is 32.2. The summed E-state index contributed by atoms with van der Waals surface area (Å²) in [5.74, 6) is -1.40. The molecule has 1 saturated carbocycles. The summed E-state index contributed by atoms with van der Waals surface area (Å²) in [6.45, 7) is 0.147. The Balaban J connectivity index is 2.01. The van der Waals surface area contributed by atoms with Crippen molar-refractivity contribution in [1.29, 1.82) is 5.26 Å². The molecule has 1 aliphatic rings. The molecule has 0 aromatic heterocycles. The Morgan fingerprint density at radius 3 is 2.72 bits per heavy atom. The zero-order chi connectivity index (χ0) is 18.3. The first-order chi connectivity index (χ1) is 11.9. The van der Waals surface area contributed by atoms with Gasteiger partial charge in [-0.1, -0.05) is 25.3 Å². The summed E-state index contributed by atoms with van der Waals surface area (Å²) in [5, 5.41) is 12.1. The fourth-order valence-electron chi connectivity index (χ4n) is 2.91. The molecule has 1 aliphatic carbocycles.